The molecule has 0 aromatic heterocycles. The van der Waals surface area contributed by atoms with Crippen LogP contribution in [0, 0.1) is 0 Å². The molecule has 0 bridgehead atoms. The zero-order valence-electron chi connectivity index (χ0n) is 12.8. The van der Waals surface area contributed by atoms with Crippen LogP contribution in [0.3, 0.4) is 0 Å². The lowest BCUT2D eigenvalue weighted by molar-refractivity contribution is 0.398. The second kappa shape index (κ2) is 7.17. The van der Waals surface area contributed by atoms with Gasteiger partial charge in [0.05, 0.1) is 12.0 Å². The lowest BCUT2D eigenvalue weighted by Crippen LogP contribution is -2.26. The van der Waals surface area contributed by atoms with E-state index in [1.807, 2.05) is 42.7 Å². The fourth-order valence-corrected chi connectivity index (χ4v) is 3.64. The molecule has 2 aromatic carbocycles. The van der Waals surface area contributed by atoms with E-state index < -0.39 is 10.0 Å². The number of rotatable bonds is 6. The van der Waals surface area contributed by atoms with Gasteiger partial charge in [0.25, 0.3) is 0 Å². The van der Waals surface area contributed by atoms with Crippen molar-refractivity contribution in [1.29, 1.82) is 0 Å². The molecule has 0 spiro atoms. The van der Waals surface area contributed by atoms with E-state index in [1.165, 1.54) is 4.31 Å². The van der Waals surface area contributed by atoms with Crippen LogP contribution in [0.4, 0.5) is 0 Å². The molecule has 0 aliphatic heterocycles. The molecule has 2 aromatic rings. The summed E-state index contributed by atoms with van der Waals surface area (Å²) in [5, 5.41) is 0. The van der Waals surface area contributed by atoms with E-state index in [1.54, 1.807) is 38.1 Å². The number of hydrogen-bond donors (Lipinski definition) is 0. The maximum absolute atomic E-state index is 12.6. The first-order valence-corrected chi connectivity index (χ1v) is 9.38. The molecule has 6 heteroatoms. The van der Waals surface area contributed by atoms with Crippen molar-refractivity contribution in [3.63, 3.8) is 0 Å². The van der Waals surface area contributed by atoms with Crippen LogP contribution >= 0.6 is 11.8 Å². The largest absolute Gasteiger partial charge is 0.496 e. The summed E-state index contributed by atoms with van der Waals surface area (Å²) in [5.74, 6) is 0.683. The second-order valence-electron chi connectivity index (χ2n) is 4.75. The number of benzene rings is 2. The van der Waals surface area contributed by atoms with E-state index >= 15 is 0 Å². The Morgan fingerprint density at radius 2 is 1.73 bits per heavy atom. The number of para-hydroxylation sites is 1. The molecular formula is C16H19NO3S2. The van der Waals surface area contributed by atoms with Gasteiger partial charge >= 0.3 is 0 Å². The molecule has 22 heavy (non-hydrogen) atoms. The Morgan fingerprint density at radius 3 is 2.32 bits per heavy atom. The van der Waals surface area contributed by atoms with Crippen LogP contribution in [0.1, 0.15) is 5.56 Å². The van der Waals surface area contributed by atoms with Crippen molar-refractivity contribution in [2.24, 2.45) is 0 Å². The first kappa shape index (κ1) is 16.9. The van der Waals surface area contributed by atoms with Gasteiger partial charge in [0.1, 0.15) is 5.75 Å². The Kier molecular flexibility index (Phi) is 5.50. The maximum atomic E-state index is 12.6. The monoisotopic (exact) mass is 337 g/mol. The zero-order chi connectivity index (χ0) is 16.2. The summed E-state index contributed by atoms with van der Waals surface area (Å²) in [6, 6.07) is 14.3. The molecule has 0 aliphatic rings. The summed E-state index contributed by atoms with van der Waals surface area (Å²) in [4.78, 5) is 1.33. The number of sulfonamides is 1. The minimum Gasteiger partial charge on any atom is -0.496 e. The molecule has 0 N–H and O–H groups in total. The Labute approximate surface area is 136 Å². The number of nitrogens with zero attached hydrogens (tertiary/aromatic N) is 1. The fourth-order valence-electron chi connectivity index (χ4n) is 2.09. The number of hydrogen-bond acceptors (Lipinski definition) is 4. The summed E-state index contributed by atoms with van der Waals surface area (Å²) in [6.07, 6.45) is 1.96. The first-order valence-electron chi connectivity index (χ1n) is 6.71. The van der Waals surface area contributed by atoms with Crippen molar-refractivity contribution in [3.8, 4) is 5.75 Å². The van der Waals surface area contributed by atoms with Crippen LogP contribution in [-0.4, -0.2) is 33.1 Å². The highest BCUT2D eigenvalue weighted by Gasteiger charge is 2.21. The van der Waals surface area contributed by atoms with Crippen molar-refractivity contribution < 1.29 is 13.2 Å². The Hall–Kier alpha value is -1.50. The second-order valence-corrected chi connectivity index (χ2v) is 7.67. The molecule has 0 unspecified atom stereocenters. The number of ether oxygens (including phenoxy) is 1. The van der Waals surface area contributed by atoms with Crippen molar-refractivity contribution in [2.75, 3.05) is 20.4 Å². The van der Waals surface area contributed by atoms with Crippen LogP contribution in [0.2, 0.25) is 0 Å². The average Bonchev–Trinajstić information content (AvgIpc) is 2.55. The molecule has 0 atom stereocenters. The van der Waals surface area contributed by atoms with Crippen LogP contribution in [0.5, 0.6) is 5.75 Å². The van der Waals surface area contributed by atoms with Crippen LogP contribution < -0.4 is 4.74 Å². The molecule has 2 rings (SSSR count). The summed E-state index contributed by atoms with van der Waals surface area (Å²) in [7, 11) is -0.367. The third-order valence-electron chi connectivity index (χ3n) is 3.35. The van der Waals surface area contributed by atoms with Crippen LogP contribution in [-0.2, 0) is 16.6 Å². The Balaban J connectivity index is 2.24. The predicted octanol–water partition coefficient (Wildman–Crippen LogP) is 3.24. The standard InChI is InChI=1S/C16H19NO3S2/c1-17(12-13-6-4-5-7-16(13)20-2)22(18,19)15-10-8-14(21-3)9-11-15/h4-11H,12H2,1-3H3. The molecule has 0 amide bonds. The number of methoxy groups -OCH3 is 1. The molecule has 0 saturated carbocycles. The lowest BCUT2D eigenvalue weighted by atomic mass is 10.2. The van der Waals surface area contributed by atoms with E-state index in [0.717, 1.165) is 10.5 Å². The van der Waals surface area contributed by atoms with E-state index in [-0.39, 0.29) is 6.54 Å². The molecular weight excluding hydrogens is 318 g/mol. The van der Waals surface area contributed by atoms with Gasteiger partial charge in [-0.1, -0.05) is 18.2 Å². The topological polar surface area (TPSA) is 46.6 Å². The fraction of sp³-hybridized carbons (Fsp3) is 0.250. The lowest BCUT2D eigenvalue weighted by Gasteiger charge is -2.18. The van der Waals surface area contributed by atoms with E-state index in [4.69, 9.17) is 4.74 Å². The molecule has 0 saturated heterocycles. The summed E-state index contributed by atoms with van der Waals surface area (Å²) >= 11 is 1.58. The summed E-state index contributed by atoms with van der Waals surface area (Å²) in [5.41, 5.74) is 0.830. The van der Waals surface area contributed by atoms with E-state index in [0.29, 0.717) is 10.6 Å². The van der Waals surface area contributed by atoms with Crippen molar-refractivity contribution in [1.82, 2.24) is 4.31 Å². The first-order chi connectivity index (χ1) is 10.5. The average molecular weight is 337 g/mol. The van der Waals surface area contributed by atoms with E-state index in [2.05, 4.69) is 0 Å². The molecule has 118 valence electrons. The van der Waals surface area contributed by atoms with E-state index in [9.17, 15) is 8.42 Å². The Bertz CT molecular complexity index is 727. The van der Waals surface area contributed by atoms with Crippen molar-refractivity contribution in [2.45, 2.75) is 16.3 Å². The predicted molar refractivity (Wildman–Crippen MR) is 89.9 cm³/mol. The Morgan fingerprint density at radius 1 is 1.09 bits per heavy atom. The van der Waals surface area contributed by atoms with Crippen LogP contribution in [0.15, 0.2) is 58.3 Å². The molecule has 0 aliphatic carbocycles. The van der Waals surface area contributed by atoms with Crippen LogP contribution in [0.25, 0.3) is 0 Å². The molecule has 0 heterocycles. The van der Waals surface area contributed by atoms with Gasteiger partial charge in [0, 0.05) is 24.1 Å². The zero-order valence-corrected chi connectivity index (χ0v) is 14.4. The minimum absolute atomic E-state index is 0.261. The smallest absolute Gasteiger partial charge is 0.243 e. The maximum Gasteiger partial charge on any atom is 0.243 e. The van der Waals surface area contributed by atoms with Gasteiger partial charge in [-0.05, 0) is 36.6 Å². The normalized spacial score (nSPS) is 11.6. The molecule has 4 nitrogen and oxygen atoms in total. The molecule has 0 radical (unpaired) electrons. The van der Waals surface area contributed by atoms with Gasteiger partial charge in [0.2, 0.25) is 10.0 Å². The van der Waals surface area contributed by atoms with Gasteiger partial charge in [0.15, 0.2) is 0 Å². The van der Waals surface area contributed by atoms with Crippen molar-refractivity contribution >= 4 is 21.8 Å². The van der Waals surface area contributed by atoms with Gasteiger partial charge in [-0.15, -0.1) is 11.8 Å². The minimum atomic E-state index is -3.52. The quantitative estimate of drug-likeness (QED) is 0.759. The van der Waals surface area contributed by atoms with Crippen molar-refractivity contribution in [3.05, 3.63) is 54.1 Å². The third-order valence-corrected chi connectivity index (χ3v) is 5.91. The number of thioether (sulfide) groups is 1. The highest BCUT2D eigenvalue weighted by Crippen LogP contribution is 2.24. The highest BCUT2D eigenvalue weighted by atomic mass is 32.2. The molecule has 0 fully saturated rings. The van der Waals surface area contributed by atoms with Gasteiger partial charge in [-0.2, -0.15) is 4.31 Å². The van der Waals surface area contributed by atoms with Gasteiger partial charge < -0.3 is 4.74 Å². The van der Waals surface area contributed by atoms with Gasteiger partial charge in [-0.3, -0.25) is 0 Å². The highest BCUT2D eigenvalue weighted by molar-refractivity contribution is 7.98. The van der Waals surface area contributed by atoms with Gasteiger partial charge in [-0.25, -0.2) is 8.42 Å². The summed E-state index contributed by atoms with van der Waals surface area (Å²) < 4.78 is 31.8. The summed E-state index contributed by atoms with van der Waals surface area (Å²) in [6.45, 7) is 0.261. The third kappa shape index (κ3) is 3.63. The SMILES string of the molecule is COc1ccccc1CN(C)S(=O)(=O)c1ccc(SC)cc1.